The van der Waals surface area contributed by atoms with Crippen LogP contribution in [0.5, 0.6) is 0 Å². The van der Waals surface area contributed by atoms with Crippen LogP contribution in [0.4, 0.5) is 5.69 Å². The highest BCUT2D eigenvalue weighted by Gasteiger charge is 2.23. The van der Waals surface area contributed by atoms with Crippen LogP contribution in [0.1, 0.15) is 43.4 Å². The number of nitrogens with one attached hydrogen (secondary N) is 1. The molecule has 0 fully saturated rings. The summed E-state index contributed by atoms with van der Waals surface area (Å²) >= 11 is 6.21. The first-order valence-corrected chi connectivity index (χ1v) is 11.9. The predicted octanol–water partition coefficient (Wildman–Crippen LogP) is 4.43. The molecule has 1 amide bonds. The molecule has 0 bridgehead atoms. The largest absolute Gasteiger partial charge is 0.324 e. The second kappa shape index (κ2) is 9.28. The number of nitrogens with zero attached hydrogens (tertiary/aromatic N) is 1. The molecular formula is C22H27ClN2O3S. The number of carbonyl (C=O) groups excluding carboxylic acids is 1. The van der Waals surface area contributed by atoms with Crippen LogP contribution < -0.4 is 5.32 Å². The molecule has 2 aromatic carbocycles. The average molecular weight is 435 g/mol. The molecule has 0 aromatic heterocycles. The van der Waals surface area contributed by atoms with E-state index in [-0.39, 0.29) is 17.2 Å². The number of fused-ring (bicyclic) bond motifs is 1. The van der Waals surface area contributed by atoms with E-state index in [0.29, 0.717) is 23.8 Å². The minimum Gasteiger partial charge on any atom is -0.324 e. The van der Waals surface area contributed by atoms with Crippen molar-refractivity contribution in [2.24, 2.45) is 0 Å². The number of sulfonamides is 1. The number of benzene rings is 2. The van der Waals surface area contributed by atoms with Gasteiger partial charge in [0.05, 0.1) is 22.0 Å². The zero-order chi connectivity index (χ0) is 21.0. The van der Waals surface area contributed by atoms with Crippen molar-refractivity contribution in [3.8, 4) is 0 Å². The molecule has 0 unspecified atom stereocenters. The highest BCUT2D eigenvalue weighted by molar-refractivity contribution is 7.89. The van der Waals surface area contributed by atoms with E-state index in [2.05, 4.69) is 17.4 Å². The number of amides is 1. The third-order valence-corrected chi connectivity index (χ3v) is 7.71. The summed E-state index contributed by atoms with van der Waals surface area (Å²) in [6.45, 7) is 4.33. The minimum absolute atomic E-state index is 0.120. The molecule has 29 heavy (non-hydrogen) atoms. The molecule has 5 nitrogen and oxygen atoms in total. The maximum absolute atomic E-state index is 12.7. The van der Waals surface area contributed by atoms with Crippen LogP contribution in [0.2, 0.25) is 5.02 Å². The van der Waals surface area contributed by atoms with Gasteiger partial charge in [-0.3, -0.25) is 4.79 Å². The first-order chi connectivity index (χ1) is 13.8. The van der Waals surface area contributed by atoms with Crippen LogP contribution >= 0.6 is 11.6 Å². The Labute approximate surface area is 178 Å². The summed E-state index contributed by atoms with van der Waals surface area (Å²) in [6, 6.07) is 10.6. The van der Waals surface area contributed by atoms with Gasteiger partial charge in [-0.05, 0) is 60.6 Å². The fraction of sp³-hybridized carbons (Fsp3) is 0.409. The zero-order valence-corrected chi connectivity index (χ0v) is 18.4. The third-order valence-electron chi connectivity index (χ3n) is 5.33. The van der Waals surface area contributed by atoms with E-state index in [4.69, 9.17) is 11.6 Å². The van der Waals surface area contributed by atoms with Gasteiger partial charge in [0.15, 0.2) is 0 Å². The maximum Gasteiger partial charge on any atom is 0.243 e. The Bertz CT molecular complexity index is 1000. The SMILES string of the molecule is CCN(CC)S(=O)(=O)c1ccc(Cl)c(NC(=O)Cc2ccc3c(c2)CCCC3)c1. The van der Waals surface area contributed by atoms with E-state index in [9.17, 15) is 13.2 Å². The van der Waals surface area contributed by atoms with Gasteiger partial charge < -0.3 is 5.32 Å². The Morgan fingerprint density at radius 2 is 1.72 bits per heavy atom. The standard InChI is InChI=1S/C22H27ClN2O3S/c1-3-25(4-2)29(27,28)19-11-12-20(23)21(15-19)24-22(26)14-16-9-10-17-7-5-6-8-18(17)13-16/h9-13,15H,3-8,14H2,1-2H3,(H,24,26). The smallest absolute Gasteiger partial charge is 0.243 e. The lowest BCUT2D eigenvalue weighted by Crippen LogP contribution is -2.30. The van der Waals surface area contributed by atoms with Gasteiger partial charge in [0.25, 0.3) is 0 Å². The van der Waals surface area contributed by atoms with Gasteiger partial charge in [0.1, 0.15) is 0 Å². The van der Waals surface area contributed by atoms with Crippen LogP contribution in [-0.4, -0.2) is 31.7 Å². The normalized spacial score (nSPS) is 13.9. The molecule has 0 saturated heterocycles. The summed E-state index contributed by atoms with van der Waals surface area (Å²) < 4.78 is 26.9. The predicted molar refractivity (Wildman–Crippen MR) is 117 cm³/mol. The molecule has 1 N–H and O–H groups in total. The monoisotopic (exact) mass is 434 g/mol. The number of anilines is 1. The number of hydrogen-bond acceptors (Lipinski definition) is 3. The van der Waals surface area contributed by atoms with Crippen LogP contribution in [0, 0.1) is 0 Å². The molecule has 0 spiro atoms. The van der Waals surface area contributed by atoms with E-state index in [0.717, 1.165) is 18.4 Å². The molecule has 3 rings (SSSR count). The Hall–Kier alpha value is -1.89. The van der Waals surface area contributed by atoms with Gasteiger partial charge in [-0.25, -0.2) is 8.42 Å². The lowest BCUT2D eigenvalue weighted by atomic mass is 9.90. The zero-order valence-electron chi connectivity index (χ0n) is 16.9. The van der Waals surface area contributed by atoms with Gasteiger partial charge in [-0.2, -0.15) is 4.31 Å². The molecule has 1 aliphatic rings. The summed E-state index contributed by atoms with van der Waals surface area (Å²) in [6.07, 6.45) is 4.79. The Morgan fingerprint density at radius 3 is 2.41 bits per heavy atom. The molecule has 0 saturated carbocycles. The third kappa shape index (κ3) is 5.00. The van der Waals surface area contributed by atoms with Gasteiger partial charge in [-0.15, -0.1) is 0 Å². The summed E-state index contributed by atoms with van der Waals surface area (Å²) in [5.74, 6) is -0.222. The van der Waals surface area contributed by atoms with Crippen LogP contribution in [0.25, 0.3) is 0 Å². The van der Waals surface area contributed by atoms with Gasteiger partial charge in [-0.1, -0.05) is 43.6 Å². The van der Waals surface area contributed by atoms with Crippen LogP contribution in [0.3, 0.4) is 0 Å². The van der Waals surface area contributed by atoms with E-state index in [1.165, 1.54) is 46.5 Å². The maximum atomic E-state index is 12.7. The molecule has 0 atom stereocenters. The first-order valence-electron chi connectivity index (χ1n) is 10.1. The summed E-state index contributed by atoms with van der Waals surface area (Å²) in [7, 11) is -3.62. The topological polar surface area (TPSA) is 66.5 Å². The van der Waals surface area contributed by atoms with Gasteiger partial charge >= 0.3 is 0 Å². The molecular weight excluding hydrogens is 408 g/mol. The quantitative estimate of drug-likeness (QED) is 0.700. The number of hydrogen-bond donors (Lipinski definition) is 1. The second-order valence-corrected chi connectivity index (χ2v) is 9.61. The van der Waals surface area contributed by atoms with Crippen molar-refractivity contribution in [2.45, 2.75) is 50.8 Å². The Kier molecular flexibility index (Phi) is 6.98. The van der Waals surface area contributed by atoms with E-state index < -0.39 is 10.0 Å². The van der Waals surface area contributed by atoms with Crippen LogP contribution in [0.15, 0.2) is 41.3 Å². The highest BCUT2D eigenvalue weighted by atomic mass is 35.5. The second-order valence-electron chi connectivity index (χ2n) is 7.27. The van der Waals surface area contributed by atoms with Crippen molar-refractivity contribution >= 4 is 33.2 Å². The van der Waals surface area contributed by atoms with Crippen molar-refractivity contribution in [1.82, 2.24) is 4.31 Å². The van der Waals surface area contributed by atoms with Gasteiger partial charge in [0, 0.05) is 13.1 Å². The number of rotatable bonds is 7. The first kappa shape index (κ1) is 21.8. The molecule has 156 valence electrons. The van der Waals surface area contributed by atoms with E-state index >= 15 is 0 Å². The summed E-state index contributed by atoms with van der Waals surface area (Å²) in [5, 5.41) is 3.08. The van der Waals surface area contributed by atoms with Crippen molar-refractivity contribution in [3.63, 3.8) is 0 Å². The fourth-order valence-electron chi connectivity index (χ4n) is 3.75. The molecule has 0 aliphatic heterocycles. The average Bonchev–Trinajstić information content (AvgIpc) is 2.70. The van der Waals surface area contributed by atoms with E-state index in [1.54, 1.807) is 13.8 Å². The lowest BCUT2D eigenvalue weighted by molar-refractivity contribution is -0.115. The van der Waals surface area contributed by atoms with Crippen molar-refractivity contribution < 1.29 is 13.2 Å². The minimum atomic E-state index is -3.62. The Morgan fingerprint density at radius 1 is 1.03 bits per heavy atom. The summed E-state index contributed by atoms with van der Waals surface area (Å²) in [5.41, 5.74) is 3.96. The van der Waals surface area contributed by atoms with Crippen molar-refractivity contribution in [2.75, 3.05) is 18.4 Å². The molecule has 2 aromatic rings. The summed E-state index contributed by atoms with van der Waals surface area (Å²) in [4.78, 5) is 12.7. The molecule has 0 heterocycles. The Balaban J connectivity index is 1.77. The molecule has 0 radical (unpaired) electrons. The van der Waals surface area contributed by atoms with E-state index in [1.807, 2.05) is 6.07 Å². The fourth-order valence-corrected chi connectivity index (χ4v) is 5.40. The lowest BCUT2D eigenvalue weighted by Gasteiger charge is -2.19. The highest BCUT2D eigenvalue weighted by Crippen LogP contribution is 2.27. The molecule has 1 aliphatic carbocycles. The molecule has 7 heteroatoms. The number of aryl methyl sites for hydroxylation is 2. The van der Waals surface area contributed by atoms with Gasteiger partial charge in [0.2, 0.25) is 15.9 Å². The van der Waals surface area contributed by atoms with Crippen molar-refractivity contribution in [1.29, 1.82) is 0 Å². The van der Waals surface area contributed by atoms with Crippen molar-refractivity contribution in [3.05, 3.63) is 58.1 Å². The number of carbonyl (C=O) groups is 1. The number of halogens is 1. The van der Waals surface area contributed by atoms with Crippen LogP contribution in [-0.2, 0) is 34.1 Å².